The Morgan fingerprint density at radius 1 is 0.826 bits per heavy atom. The Morgan fingerprint density at radius 2 is 1.30 bits per heavy atom. The largest absolute Gasteiger partial charge is 0.457 e. The van der Waals surface area contributed by atoms with Crippen LogP contribution in [0.1, 0.15) is 5.56 Å². The fourth-order valence-electron chi connectivity index (χ4n) is 1.61. The quantitative estimate of drug-likeness (QED) is 0.380. The van der Waals surface area contributed by atoms with Gasteiger partial charge in [0.1, 0.15) is 0 Å². The van der Waals surface area contributed by atoms with Gasteiger partial charge in [0.05, 0.1) is 0 Å². The summed E-state index contributed by atoms with van der Waals surface area (Å²) in [5.41, 5.74) is -5.53. The number of halogens is 10. The summed E-state index contributed by atoms with van der Waals surface area (Å²) in [6.45, 7) is 0. The molecular weight excluding hydrogens is 454 g/mol. The summed E-state index contributed by atoms with van der Waals surface area (Å²) in [7, 11) is 0. The van der Waals surface area contributed by atoms with E-state index in [0.29, 0.717) is 5.56 Å². The maximum absolute atomic E-state index is 13.8. The van der Waals surface area contributed by atoms with Gasteiger partial charge >= 0.3 is 18.3 Å². The van der Waals surface area contributed by atoms with Crippen molar-refractivity contribution in [2.45, 2.75) is 30.4 Å². The lowest BCUT2D eigenvalue weighted by Crippen LogP contribution is -2.61. The highest BCUT2D eigenvalue weighted by atomic mass is 127. The Bertz CT molecular complexity index is 559. The zero-order valence-corrected chi connectivity index (χ0v) is 13.1. The lowest BCUT2D eigenvalue weighted by atomic mass is 9.94. The van der Waals surface area contributed by atoms with Crippen LogP contribution in [0.5, 0.6) is 0 Å². The van der Waals surface area contributed by atoms with Gasteiger partial charge in [-0.15, -0.1) is 0 Å². The molecule has 1 unspecified atom stereocenters. The fraction of sp³-hybridized carbons (Fsp3) is 0.385. The molecule has 0 spiro atoms. The molecule has 0 N–H and O–H groups in total. The molecule has 130 valence electrons. The number of allylic oxidation sites excluding steroid dienone is 2. The lowest BCUT2D eigenvalue weighted by Gasteiger charge is -2.34. The summed E-state index contributed by atoms with van der Waals surface area (Å²) < 4.78 is 114. The van der Waals surface area contributed by atoms with E-state index >= 15 is 0 Å². The van der Waals surface area contributed by atoms with Gasteiger partial charge in [-0.2, -0.15) is 35.1 Å². The van der Waals surface area contributed by atoms with Crippen molar-refractivity contribution in [3.05, 3.63) is 45.6 Å². The fourth-order valence-corrected chi connectivity index (χ4v) is 2.48. The van der Waals surface area contributed by atoms with E-state index in [1.165, 1.54) is 24.3 Å². The average Bonchev–Trinajstić information content (AvgIpc) is 2.36. The van der Waals surface area contributed by atoms with Gasteiger partial charge in [0.25, 0.3) is 5.67 Å². The van der Waals surface area contributed by atoms with E-state index in [-0.39, 0.29) is 0 Å². The molecule has 0 saturated carbocycles. The summed E-state index contributed by atoms with van der Waals surface area (Å²) in [4.78, 5) is 0. The van der Waals surface area contributed by atoms with Crippen molar-refractivity contribution in [1.82, 2.24) is 0 Å². The number of rotatable bonds is 4. The van der Waals surface area contributed by atoms with Crippen molar-refractivity contribution in [3.8, 4) is 0 Å². The van der Waals surface area contributed by atoms with Crippen LogP contribution >= 0.6 is 22.6 Å². The molecule has 0 fully saturated rings. The minimum atomic E-state index is -6.70. The molecule has 0 radical (unpaired) electrons. The van der Waals surface area contributed by atoms with Gasteiger partial charge < -0.3 is 0 Å². The first-order chi connectivity index (χ1) is 10.2. The van der Waals surface area contributed by atoms with Gasteiger partial charge in [-0.05, 0) is 37.8 Å². The van der Waals surface area contributed by atoms with Gasteiger partial charge in [0.2, 0.25) is 0 Å². The predicted molar refractivity (Wildman–Crippen MR) is 73.1 cm³/mol. The molecule has 0 nitrogen and oxygen atoms in total. The van der Waals surface area contributed by atoms with Crippen molar-refractivity contribution in [3.63, 3.8) is 0 Å². The molecule has 0 heterocycles. The van der Waals surface area contributed by atoms with Crippen molar-refractivity contribution >= 4 is 22.6 Å². The molecule has 0 aliphatic rings. The second kappa shape index (κ2) is 6.52. The van der Waals surface area contributed by atoms with Crippen LogP contribution in [0.3, 0.4) is 0 Å². The summed E-state index contributed by atoms with van der Waals surface area (Å²) >= 11 is 1.10. The second-order valence-corrected chi connectivity index (χ2v) is 5.92. The number of benzene rings is 1. The molecule has 0 aliphatic carbocycles. The van der Waals surface area contributed by atoms with Gasteiger partial charge in [-0.3, -0.25) is 0 Å². The van der Waals surface area contributed by atoms with Crippen molar-refractivity contribution in [2.75, 3.05) is 0 Å². The Kier molecular flexibility index (Phi) is 5.70. The second-order valence-electron chi connectivity index (χ2n) is 4.54. The third-order valence-electron chi connectivity index (χ3n) is 2.80. The smallest absolute Gasteiger partial charge is 0.222 e. The van der Waals surface area contributed by atoms with Crippen molar-refractivity contribution < 1.29 is 39.5 Å². The molecular formula is C13H8F9I. The molecule has 0 bridgehead atoms. The first kappa shape index (κ1) is 20.1. The Labute approximate surface area is 138 Å². The van der Waals surface area contributed by atoms with Gasteiger partial charge in [0.15, 0.2) is 0 Å². The van der Waals surface area contributed by atoms with E-state index in [9.17, 15) is 39.5 Å². The number of hydrogen-bond donors (Lipinski definition) is 0. The van der Waals surface area contributed by atoms with Crippen LogP contribution in [-0.4, -0.2) is 23.9 Å². The topological polar surface area (TPSA) is 0 Å². The zero-order chi connectivity index (χ0) is 18.1. The minimum absolute atomic E-state index is 0.327. The SMILES string of the molecule is FC(F)(F)C(F)(F)C(F)(C=C(I)Cc1ccccc1)C(F)(F)F. The van der Waals surface area contributed by atoms with E-state index in [4.69, 9.17) is 0 Å². The van der Waals surface area contributed by atoms with Crippen LogP contribution in [0.25, 0.3) is 0 Å². The van der Waals surface area contributed by atoms with E-state index in [0.717, 1.165) is 22.6 Å². The zero-order valence-electron chi connectivity index (χ0n) is 11.0. The van der Waals surface area contributed by atoms with Crippen molar-refractivity contribution in [1.29, 1.82) is 0 Å². The third kappa shape index (κ3) is 4.13. The van der Waals surface area contributed by atoms with Crippen LogP contribution in [0.15, 0.2) is 40.0 Å². The van der Waals surface area contributed by atoms with E-state index < -0.39 is 40.0 Å². The Balaban J connectivity index is 3.30. The monoisotopic (exact) mass is 462 g/mol. The first-order valence-corrected chi connectivity index (χ1v) is 6.91. The van der Waals surface area contributed by atoms with Gasteiger partial charge in [-0.25, -0.2) is 4.39 Å². The molecule has 1 rings (SSSR count). The molecule has 1 atom stereocenters. The summed E-state index contributed by atoms with van der Waals surface area (Å²) in [6.07, 6.45) is -14.3. The average molecular weight is 462 g/mol. The normalized spacial score (nSPS) is 17.0. The van der Waals surface area contributed by atoms with Crippen LogP contribution in [0.4, 0.5) is 39.5 Å². The molecule has 1 aromatic rings. The molecule has 0 saturated heterocycles. The highest BCUT2D eigenvalue weighted by Gasteiger charge is 2.80. The third-order valence-corrected chi connectivity index (χ3v) is 3.49. The molecule has 0 amide bonds. The molecule has 1 aromatic carbocycles. The maximum atomic E-state index is 13.8. The molecule has 23 heavy (non-hydrogen) atoms. The Hall–Kier alpha value is -0.940. The molecule has 0 aromatic heterocycles. The summed E-state index contributed by atoms with van der Waals surface area (Å²) in [5, 5.41) is 0. The molecule has 0 aliphatic heterocycles. The van der Waals surface area contributed by atoms with Crippen LogP contribution in [-0.2, 0) is 6.42 Å². The highest BCUT2D eigenvalue weighted by Crippen LogP contribution is 2.54. The summed E-state index contributed by atoms with van der Waals surface area (Å²) in [5.74, 6) is -6.62. The van der Waals surface area contributed by atoms with E-state index in [2.05, 4.69) is 0 Å². The van der Waals surface area contributed by atoms with Gasteiger partial charge in [-0.1, -0.05) is 30.3 Å². The highest BCUT2D eigenvalue weighted by molar-refractivity contribution is 14.1. The Morgan fingerprint density at radius 3 is 1.70 bits per heavy atom. The standard InChI is InChI=1S/C13H8F9I/c14-10(12(17,18)19,11(15,16)13(20,21)22)7-9(23)6-8-4-2-1-3-5-8/h1-5,7H,6H2. The maximum Gasteiger partial charge on any atom is 0.457 e. The van der Waals surface area contributed by atoms with Crippen LogP contribution < -0.4 is 0 Å². The van der Waals surface area contributed by atoms with Gasteiger partial charge in [0, 0.05) is 6.42 Å². The predicted octanol–water partition coefficient (Wildman–Crippen LogP) is 6.02. The van der Waals surface area contributed by atoms with E-state index in [1.807, 2.05) is 0 Å². The summed E-state index contributed by atoms with van der Waals surface area (Å²) in [6, 6.07) is 7.34. The van der Waals surface area contributed by atoms with E-state index in [1.54, 1.807) is 6.07 Å². The molecule has 10 heteroatoms. The van der Waals surface area contributed by atoms with Crippen LogP contribution in [0, 0.1) is 0 Å². The number of alkyl halides is 9. The first-order valence-electron chi connectivity index (χ1n) is 5.83. The van der Waals surface area contributed by atoms with Crippen molar-refractivity contribution in [2.24, 2.45) is 0 Å². The minimum Gasteiger partial charge on any atom is -0.222 e. The number of hydrogen-bond acceptors (Lipinski definition) is 0. The van der Waals surface area contributed by atoms with Crippen LogP contribution in [0.2, 0.25) is 0 Å². The lowest BCUT2D eigenvalue weighted by molar-refractivity contribution is -0.369.